The maximum atomic E-state index is 13.4. The lowest BCUT2D eigenvalue weighted by Gasteiger charge is -2.30. The van der Waals surface area contributed by atoms with Crippen LogP contribution in [0.4, 0.5) is 10.5 Å². The zero-order valence-corrected chi connectivity index (χ0v) is 22.6. The highest BCUT2D eigenvalue weighted by atomic mass is 35.5. The molecule has 1 atom stereocenters. The SMILES string of the molecule is COC(=O)N1CCC2(C1)CN(C(=O)Cc1ncc(SCCCC(=O)N3CCC3)s1)c1ccc(Cl)cc12. The number of benzene rings is 1. The van der Waals surface area contributed by atoms with E-state index < -0.39 is 0 Å². The molecule has 1 unspecified atom stereocenters. The molecule has 0 saturated carbocycles. The van der Waals surface area contributed by atoms with Crippen LogP contribution in [0.25, 0.3) is 0 Å². The molecule has 192 valence electrons. The minimum absolute atomic E-state index is 0.0157. The third kappa shape index (κ3) is 5.08. The molecule has 0 radical (unpaired) electrons. The Balaban J connectivity index is 1.20. The third-order valence-electron chi connectivity index (χ3n) is 7.19. The molecule has 0 aliphatic carbocycles. The van der Waals surface area contributed by atoms with Crippen LogP contribution in [0.15, 0.2) is 28.6 Å². The number of thioether (sulfide) groups is 1. The molecule has 2 aromatic rings. The maximum Gasteiger partial charge on any atom is 0.409 e. The van der Waals surface area contributed by atoms with E-state index in [0.717, 1.165) is 58.6 Å². The van der Waals surface area contributed by atoms with E-state index in [1.165, 1.54) is 18.4 Å². The Bertz CT molecular complexity index is 1170. The Kier molecular flexibility index (Phi) is 7.46. The van der Waals surface area contributed by atoms with Crippen LogP contribution in [-0.4, -0.2) is 78.3 Å². The number of methoxy groups -OCH3 is 1. The molecule has 3 aliphatic rings. The first kappa shape index (κ1) is 25.4. The fourth-order valence-electron chi connectivity index (χ4n) is 5.16. The van der Waals surface area contributed by atoms with Crippen molar-refractivity contribution in [2.24, 2.45) is 0 Å². The normalized spacial score (nSPS) is 20.6. The van der Waals surface area contributed by atoms with Gasteiger partial charge in [0.05, 0.1) is 23.9 Å². The van der Waals surface area contributed by atoms with Crippen molar-refractivity contribution < 1.29 is 19.1 Å². The predicted octanol–water partition coefficient (Wildman–Crippen LogP) is 4.20. The molecule has 36 heavy (non-hydrogen) atoms. The van der Waals surface area contributed by atoms with Crippen molar-refractivity contribution in [3.05, 3.63) is 40.0 Å². The standard InChI is InChI=1S/C25H29ClN4O4S2/c1-34-24(33)29-10-7-25(15-29)16-30(19-6-5-17(26)12-18(19)25)22(32)13-20-27-14-23(36-20)35-11-2-4-21(31)28-8-3-9-28/h5-6,12,14H,2-4,7-11,13,15-16H2,1H3. The number of amides is 3. The minimum Gasteiger partial charge on any atom is -0.453 e. The molecule has 3 aliphatic heterocycles. The van der Waals surface area contributed by atoms with E-state index in [4.69, 9.17) is 16.3 Å². The molecule has 3 amide bonds. The van der Waals surface area contributed by atoms with Crippen molar-refractivity contribution >= 4 is 58.3 Å². The van der Waals surface area contributed by atoms with E-state index in [9.17, 15) is 14.4 Å². The predicted molar refractivity (Wildman–Crippen MR) is 141 cm³/mol. The van der Waals surface area contributed by atoms with E-state index in [2.05, 4.69) is 4.98 Å². The van der Waals surface area contributed by atoms with Crippen molar-refractivity contribution in [1.29, 1.82) is 0 Å². The Morgan fingerprint density at radius 2 is 2.00 bits per heavy atom. The molecule has 0 N–H and O–H groups in total. The summed E-state index contributed by atoms with van der Waals surface area (Å²) >= 11 is 9.55. The van der Waals surface area contributed by atoms with Crippen LogP contribution in [0, 0.1) is 0 Å². The van der Waals surface area contributed by atoms with Gasteiger partial charge in [-0.05, 0) is 48.8 Å². The average molecular weight is 549 g/mol. The lowest BCUT2D eigenvalue weighted by molar-refractivity contribution is -0.134. The second-order valence-corrected chi connectivity index (χ2v) is 12.4. The zero-order chi connectivity index (χ0) is 25.3. The summed E-state index contributed by atoms with van der Waals surface area (Å²) in [5.41, 5.74) is 1.52. The number of halogens is 1. The van der Waals surface area contributed by atoms with Gasteiger partial charge in [0, 0.05) is 55.3 Å². The highest BCUT2D eigenvalue weighted by Crippen LogP contribution is 2.47. The molecule has 4 heterocycles. The molecule has 2 saturated heterocycles. The van der Waals surface area contributed by atoms with Crippen LogP contribution in [-0.2, 0) is 26.2 Å². The number of fused-ring (bicyclic) bond motifs is 2. The number of hydrogen-bond donors (Lipinski definition) is 0. The van der Waals surface area contributed by atoms with Gasteiger partial charge in [-0.15, -0.1) is 23.1 Å². The summed E-state index contributed by atoms with van der Waals surface area (Å²) in [6.07, 6.45) is 4.98. The van der Waals surface area contributed by atoms with Crippen LogP contribution < -0.4 is 4.90 Å². The first-order chi connectivity index (χ1) is 17.4. The largest absolute Gasteiger partial charge is 0.453 e. The highest BCUT2D eigenvalue weighted by Gasteiger charge is 2.50. The number of likely N-dealkylation sites (tertiary alicyclic amines) is 2. The number of anilines is 1. The molecule has 0 bridgehead atoms. The van der Waals surface area contributed by atoms with Crippen molar-refractivity contribution in [1.82, 2.24) is 14.8 Å². The smallest absolute Gasteiger partial charge is 0.409 e. The van der Waals surface area contributed by atoms with Crippen molar-refractivity contribution in [2.45, 2.75) is 41.7 Å². The molecule has 1 aromatic carbocycles. The summed E-state index contributed by atoms with van der Waals surface area (Å²) in [5, 5.41) is 1.39. The van der Waals surface area contributed by atoms with E-state index in [1.807, 2.05) is 28.1 Å². The monoisotopic (exact) mass is 548 g/mol. The third-order valence-corrected chi connectivity index (χ3v) is 9.71. The Morgan fingerprint density at radius 3 is 2.75 bits per heavy atom. The molecule has 8 nitrogen and oxygen atoms in total. The molecule has 1 aromatic heterocycles. The summed E-state index contributed by atoms with van der Waals surface area (Å²) in [5.74, 6) is 1.09. The molecule has 5 rings (SSSR count). The van der Waals surface area contributed by atoms with Crippen molar-refractivity contribution in [3.63, 3.8) is 0 Å². The maximum absolute atomic E-state index is 13.4. The average Bonchev–Trinajstić information content (AvgIpc) is 3.54. The van der Waals surface area contributed by atoms with E-state index in [1.54, 1.807) is 22.7 Å². The first-order valence-corrected chi connectivity index (χ1v) is 14.4. The Hall–Kier alpha value is -2.30. The fourth-order valence-corrected chi connectivity index (χ4v) is 7.36. The van der Waals surface area contributed by atoms with E-state index in [0.29, 0.717) is 31.1 Å². The van der Waals surface area contributed by atoms with Gasteiger partial charge >= 0.3 is 6.09 Å². The molecular weight excluding hydrogens is 520 g/mol. The van der Waals surface area contributed by atoms with Gasteiger partial charge in [0.2, 0.25) is 11.8 Å². The molecule has 1 spiro atoms. The van der Waals surface area contributed by atoms with Crippen LogP contribution in [0.2, 0.25) is 5.02 Å². The van der Waals surface area contributed by atoms with Gasteiger partial charge in [0.1, 0.15) is 5.01 Å². The molecular formula is C25H29ClN4O4S2. The van der Waals surface area contributed by atoms with Crippen molar-refractivity contribution in [2.75, 3.05) is 50.5 Å². The fraction of sp³-hybridized carbons (Fsp3) is 0.520. The highest BCUT2D eigenvalue weighted by molar-refractivity contribution is 8.01. The summed E-state index contributed by atoms with van der Waals surface area (Å²) in [6.45, 7) is 3.38. The Labute approximate surface area is 223 Å². The number of rotatable bonds is 7. The number of hydrogen-bond acceptors (Lipinski definition) is 7. The van der Waals surface area contributed by atoms with Gasteiger partial charge in [-0.2, -0.15) is 0 Å². The molecule has 11 heteroatoms. The number of carbonyl (C=O) groups excluding carboxylic acids is 3. The quantitative estimate of drug-likeness (QED) is 0.381. The molecule has 2 fully saturated rings. The second kappa shape index (κ2) is 10.6. The number of aromatic nitrogens is 1. The Morgan fingerprint density at radius 1 is 1.17 bits per heavy atom. The lowest BCUT2D eigenvalue weighted by Crippen LogP contribution is -2.41. The summed E-state index contributed by atoms with van der Waals surface area (Å²) in [6, 6.07) is 5.63. The summed E-state index contributed by atoms with van der Waals surface area (Å²) in [7, 11) is 1.39. The van der Waals surface area contributed by atoms with Crippen LogP contribution in [0.1, 0.15) is 36.3 Å². The topological polar surface area (TPSA) is 83.0 Å². The zero-order valence-electron chi connectivity index (χ0n) is 20.2. The minimum atomic E-state index is -0.349. The van der Waals surface area contributed by atoms with Crippen LogP contribution in [0.5, 0.6) is 0 Å². The van der Waals surface area contributed by atoms with Gasteiger partial charge in [-0.3, -0.25) is 9.59 Å². The number of nitrogens with zero attached hydrogens (tertiary/aromatic N) is 4. The van der Waals surface area contributed by atoms with Gasteiger partial charge in [-0.1, -0.05) is 11.6 Å². The van der Waals surface area contributed by atoms with Gasteiger partial charge < -0.3 is 19.4 Å². The van der Waals surface area contributed by atoms with Gasteiger partial charge in [0.15, 0.2) is 0 Å². The van der Waals surface area contributed by atoms with E-state index >= 15 is 0 Å². The first-order valence-electron chi connectivity index (χ1n) is 12.2. The number of ether oxygens (including phenoxy) is 1. The number of carbonyl (C=O) groups is 3. The van der Waals surface area contributed by atoms with Crippen LogP contribution in [0.3, 0.4) is 0 Å². The summed E-state index contributed by atoms with van der Waals surface area (Å²) < 4.78 is 5.98. The number of thiazole rings is 1. The van der Waals surface area contributed by atoms with Crippen molar-refractivity contribution in [3.8, 4) is 0 Å². The van der Waals surface area contributed by atoms with Gasteiger partial charge in [0.25, 0.3) is 0 Å². The van der Waals surface area contributed by atoms with Gasteiger partial charge in [-0.25, -0.2) is 9.78 Å². The van der Waals surface area contributed by atoms with E-state index in [-0.39, 0.29) is 29.7 Å². The second-order valence-electron chi connectivity index (χ2n) is 9.50. The van der Waals surface area contributed by atoms with Crippen LogP contribution >= 0.6 is 34.7 Å². The summed E-state index contributed by atoms with van der Waals surface area (Å²) in [4.78, 5) is 47.5. The lowest BCUT2D eigenvalue weighted by atomic mass is 9.81.